The zero-order valence-corrected chi connectivity index (χ0v) is 16.0. The van der Waals surface area contributed by atoms with Gasteiger partial charge in [-0.3, -0.25) is 0 Å². The molecular formula is C18H24N2O4S. The highest BCUT2D eigenvalue weighted by Crippen LogP contribution is 2.26. The van der Waals surface area contributed by atoms with Crippen LogP contribution in [0.5, 0.6) is 0 Å². The van der Waals surface area contributed by atoms with Crippen LogP contribution in [0, 0.1) is 20.8 Å². The summed E-state index contributed by atoms with van der Waals surface area (Å²) in [6.07, 6.45) is 0. The molecule has 0 atom stereocenters. The van der Waals surface area contributed by atoms with E-state index in [-0.39, 0.29) is 23.7 Å². The first-order valence-electron chi connectivity index (χ1n) is 8.07. The van der Waals surface area contributed by atoms with Crippen LogP contribution in [0.3, 0.4) is 0 Å². The van der Waals surface area contributed by atoms with Gasteiger partial charge in [0.05, 0.1) is 6.61 Å². The summed E-state index contributed by atoms with van der Waals surface area (Å²) in [4.78, 5) is 12.3. The van der Waals surface area contributed by atoms with Crippen LogP contribution >= 0.6 is 0 Å². The van der Waals surface area contributed by atoms with Crippen molar-refractivity contribution in [2.45, 2.75) is 39.1 Å². The van der Waals surface area contributed by atoms with Gasteiger partial charge >= 0.3 is 5.97 Å². The Hall–Kier alpha value is -2.12. The monoisotopic (exact) mass is 364 g/mol. The Labute approximate surface area is 148 Å². The zero-order chi connectivity index (χ0) is 18.8. The number of nitrogens with one attached hydrogen (secondary N) is 1. The lowest BCUT2D eigenvalue weighted by Crippen LogP contribution is -2.24. The van der Waals surface area contributed by atoms with E-state index in [0.717, 1.165) is 11.1 Å². The molecule has 2 rings (SSSR count). The highest BCUT2D eigenvalue weighted by atomic mass is 32.2. The highest BCUT2D eigenvalue weighted by molar-refractivity contribution is 7.89. The molecule has 0 aliphatic rings. The molecule has 0 bridgehead atoms. The van der Waals surface area contributed by atoms with Crippen molar-refractivity contribution in [3.05, 3.63) is 52.3 Å². The number of aryl methyl sites for hydroxylation is 1. The van der Waals surface area contributed by atoms with Crippen molar-refractivity contribution in [3.63, 3.8) is 0 Å². The van der Waals surface area contributed by atoms with Gasteiger partial charge in [-0.15, -0.1) is 0 Å². The van der Waals surface area contributed by atoms with Gasteiger partial charge in [-0.2, -0.15) is 0 Å². The first-order valence-corrected chi connectivity index (χ1v) is 9.56. The molecule has 1 aromatic carbocycles. The van der Waals surface area contributed by atoms with E-state index in [4.69, 9.17) is 4.74 Å². The molecule has 0 amide bonds. The third kappa shape index (κ3) is 3.77. The molecule has 2 aromatic rings. The number of hydrogen-bond donors (Lipinski definition) is 1. The summed E-state index contributed by atoms with van der Waals surface area (Å²) in [5, 5.41) is 0. The fourth-order valence-corrected chi connectivity index (χ4v) is 4.40. The van der Waals surface area contributed by atoms with Gasteiger partial charge in [0, 0.05) is 24.8 Å². The molecule has 0 unspecified atom stereocenters. The van der Waals surface area contributed by atoms with Gasteiger partial charge in [0.1, 0.15) is 10.6 Å². The van der Waals surface area contributed by atoms with Crippen LogP contribution in [-0.4, -0.2) is 25.6 Å². The van der Waals surface area contributed by atoms with Gasteiger partial charge in [-0.25, -0.2) is 17.9 Å². The smallest absolute Gasteiger partial charge is 0.355 e. The van der Waals surface area contributed by atoms with Crippen LogP contribution in [0.1, 0.15) is 39.8 Å². The molecule has 0 aliphatic carbocycles. The predicted molar refractivity (Wildman–Crippen MR) is 96.0 cm³/mol. The molecule has 0 saturated carbocycles. The standard InChI is InChI=1S/C18H24N2O4S/c1-6-24-18(21)16-13(3)17(14(4)20(16)5)25(22,23)19-11-15-10-8-7-9-12(15)2/h7-10,19H,6,11H2,1-5H3. The van der Waals surface area contributed by atoms with Crippen LogP contribution in [0.15, 0.2) is 29.2 Å². The normalized spacial score (nSPS) is 11.6. The number of carbonyl (C=O) groups excluding carboxylic acids is 1. The summed E-state index contributed by atoms with van der Waals surface area (Å²) in [6, 6.07) is 7.59. The average Bonchev–Trinajstić information content (AvgIpc) is 2.77. The molecule has 0 saturated heterocycles. The van der Waals surface area contributed by atoms with E-state index in [9.17, 15) is 13.2 Å². The topological polar surface area (TPSA) is 77.4 Å². The molecule has 0 aliphatic heterocycles. The summed E-state index contributed by atoms with van der Waals surface area (Å²) in [7, 11) is -2.10. The van der Waals surface area contributed by atoms with Crippen LogP contribution in [0.25, 0.3) is 0 Å². The average molecular weight is 364 g/mol. The SMILES string of the molecule is CCOC(=O)c1c(C)c(S(=O)(=O)NCc2ccccc2C)c(C)n1C. The van der Waals surface area contributed by atoms with E-state index in [1.807, 2.05) is 31.2 Å². The first kappa shape index (κ1) is 19.2. The Balaban J connectivity index is 2.38. The molecule has 1 heterocycles. The van der Waals surface area contributed by atoms with Crippen LogP contribution in [0.2, 0.25) is 0 Å². The Morgan fingerprint density at radius 2 is 1.84 bits per heavy atom. The molecule has 0 fully saturated rings. The summed E-state index contributed by atoms with van der Waals surface area (Å²) in [5.74, 6) is -0.522. The lowest BCUT2D eigenvalue weighted by Gasteiger charge is -2.10. The summed E-state index contributed by atoms with van der Waals surface area (Å²) in [5.41, 5.74) is 3.08. The van der Waals surface area contributed by atoms with E-state index >= 15 is 0 Å². The molecule has 1 N–H and O–H groups in total. The molecule has 1 aromatic heterocycles. The summed E-state index contributed by atoms with van der Waals surface area (Å²) in [6.45, 7) is 7.37. The van der Waals surface area contributed by atoms with Crippen molar-refractivity contribution >= 4 is 16.0 Å². The lowest BCUT2D eigenvalue weighted by molar-refractivity contribution is 0.0514. The van der Waals surface area contributed by atoms with E-state index in [0.29, 0.717) is 11.3 Å². The van der Waals surface area contributed by atoms with Crippen molar-refractivity contribution in [2.24, 2.45) is 7.05 Å². The van der Waals surface area contributed by atoms with E-state index in [1.54, 1.807) is 32.4 Å². The second kappa shape index (κ2) is 7.41. The second-order valence-corrected chi connectivity index (χ2v) is 7.62. The number of rotatable bonds is 6. The van der Waals surface area contributed by atoms with Crippen molar-refractivity contribution in [1.82, 2.24) is 9.29 Å². The van der Waals surface area contributed by atoms with Gasteiger partial charge in [0.25, 0.3) is 0 Å². The van der Waals surface area contributed by atoms with E-state index in [2.05, 4.69) is 4.72 Å². The zero-order valence-electron chi connectivity index (χ0n) is 15.2. The molecule has 0 radical (unpaired) electrons. The van der Waals surface area contributed by atoms with Crippen LogP contribution in [-0.2, 0) is 28.4 Å². The fraction of sp³-hybridized carbons (Fsp3) is 0.389. The Morgan fingerprint density at radius 3 is 2.44 bits per heavy atom. The maximum Gasteiger partial charge on any atom is 0.355 e. The molecule has 7 heteroatoms. The minimum Gasteiger partial charge on any atom is -0.461 e. The number of nitrogens with zero attached hydrogens (tertiary/aromatic N) is 1. The molecule has 25 heavy (non-hydrogen) atoms. The summed E-state index contributed by atoms with van der Waals surface area (Å²) >= 11 is 0. The number of esters is 1. The van der Waals surface area contributed by atoms with Crippen LogP contribution in [0.4, 0.5) is 0 Å². The molecule has 6 nitrogen and oxygen atoms in total. The highest BCUT2D eigenvalue weighted by Gasteiger charge is 2.29. The third-order valence-corrected chi connectivity index (χ3v) is 5.98. The van der Waals surface area contributed by atoms with Crippen LogP contribution < -0.4 is 4.72 Å². The Morgan fingerprint density at radius 1 is 1.20 bits per heavy atom. The largest absolute Gasteiger partial charge is 0.461 e. The number of sulfonamides is 1. The Bertz CT molecular complexity index is 898. The fourth-order valence-electron chi connectivity index (χ4n) is 2.89. The van der Waals surface area contributed by atoms with E-state index < -0.39 is 16.0 Å². The summed E-state index contributed by atoms with van der Waals surface area (Å²) < 4.78 is 34.9. The maximum absolute atomic E-state index is 12.8. The molecular weight excluding hydrogens is 340 g/mol. The van der Waals surface area contributed by atoms with Gasteiger partial charge in [-0.1, -0.05) is 24.3 Å². The number of aromatic nitrogens is 1. The number of hydrogen-bond acceptors (Lipinski definition) is 4. The minimum absolute atomic E-state index is 0.131. The maximum atomic E-state index is 12.8. The third-order valence-electron chi connectivity index (χ3n) is 4.31. The quantitative estimate of drug-likeness (QED) is 0.799. The number of ether oxygens (including phenoxy) is 1. The second-order valence-electron chi connectivity index (χ2n) is 5.92. The van der Waals surface area contributed by atoms with Crippen molar-refractivity contribution in [1.29, 1.82) is 0 Å². The van der Waals surface area contributed by atoms with Crippen molar-refractivity contribution in [3.8, 4) is 0 Å². The predicted octanol–water partition coefficient (Wildman–Crippen LogP) is 2.61. The lowest BCUT2D eigenvalue weighted by atomic mass is 10.1. The molecule has 0 spiro atoms. The molecule has 136 valence electrons. The number of benzene rings is 1. The van der Waals surface area contributed by atoms with E-state index in [1.165, 1.54) is 0 Å². The Kier molecular flexibility index (Phi) is 5.69. The van der Waals surface area contributed by atoms with Gasteiger partial charge in [0.15, 0.2) is 0 Å². The van der Waals surface area contributed by atoms with Gasteiger partial charge in [0.2, 0.25) is 10.0 Å². The van der Waals surface area contributed by atoms with Gasteiger partial charge in [-0.05, 0) is 38.8 Å². The minimum atomic E-state index is -3.77. The van der Waals surface area contributed by atoms with Gasteiger partial charge < -0.3 is 9.30 Å². The first-order chi connectivity index (χ1) is 11.7. The van der Waals surface area contributed by atoms with Crippen molar-refractivity contribution < 1.29 is 17.9 Å². The number of carbonyl (C=O) groups is 1. The van der Waals surface area contributed by atoms with Crippen molar-refractivity contribution in [2.75, 3.05) is 6.61 Å².